The molecule has 2 heterocycles. The Morgan fingerprint density at radius 3 is 1.67 bits per heavy atom. The van der Waals surface area contributed by atoms with Crippen molar-refractivity contribution in [3.8, 4) is 0 Å². The Labute approximate surface area is 186 Å². The number of fused-ring (bicyclic) bond motifs is 4. The van der Waals surface area contributed by atoms with Crippen LogP contribution in [-0.4, -0.2) is 10.5 Å². The fourth-order valence-corrected chi connectivity index (χ4v) is 8.83. The molecule has 0 nitrogen and oxygen atoms in total. The van der Waals surface area contributed by atoms with Crippen molar-refractivity contribution in [3.63, 3.8) is 0 Å². The van der Waals surface area contributed by atoms with Crippen LogP contribution in [0.4, 0.5) is 0 Å². The summed E-state index contributed by atoms with van der Waals surface area (Å²) in [5.41, 5.74) is 2.87. The number of hydrogen-bond acceptors (Lipinski definition) is 3. The van der Waals surface area contributed by atoms with E-state index in [2.05, 4.69) is 92.6 Å². The summed E-state index contributed by atoms with van der Waals surface area (Å²) in [6.07, 6.45) is 9.40. The molecule has 0 amide bonds. The minimum Gasteiger partial charge on any atom is -0.106 e. The van der Waals surface area contributed by atoms with Crippen LogP contribution in [0, 0.1) is 0 Å². The van der Waals surface area contributed by atoms with Gasteiger partial charge in [-0.1, -0.05) is 48.2 Å². The van der Waals surface area contributed by atoms with Crippen molar-refractivity contribution >= 4 is 90.4 Å². The Kier molecular flexibility index (Phi) is 4.14. The van der Waals surface area contributed by atoms with Crippen molar-refractivity contribution in [2.75, 3.05) is 0 Å². The maximum atomic E-state index is 3.64. The van der Waals surface area contributed by atoms with E-state index in [1.54, 1.807) is 0 Å². The molecule has 2 unspecified atom stereocenters. The lowest BCUT2D eigenvalue weighted by Gasteiger charge is -2.04. The number of rotatable bonds is 2. The van der Waals surface area contributed by atoms with E-state index in [9.17, 15) is 0 Å². The Bertz CT molecular complexity index is 1230. The topological polar surface area (TPSA) is 0 Å². The van der Waals surface area contributed by atoms with Crippen molar-refractivity contribution in [2.45, 2.75) is 20.3 Å². The molecule has 2 atom stereocenters. The van der Waals surface area contributed by atoms with Gasteiger partial charge in [0.15, 0.2) is 0 Å². The molecule has 0 spiro atoms. The van der Waals surface area contributed by atoms with Gasteiger partial charge in [0.1, 0.15) is 0 Å². The molecule has 27 heavy (non-hydrogen) atoms. The number of thioether (sulfide) groups is 2. The molecule has 5 heteroatoms. The fourth-order valence-electron chi connectivity index (χ4n) is 4.09. The first kappa shape index (κ1) is 17.3. The molecule has 0 aromatic heterocycles. The molecular weight excluding hydrogens is 520 g/mol. The van der Waals surface area contributed by atoms with Gasteiger partial charge >= 0.3 is 0 Å². The summed E-state index contributed by atoms with van der Waals surface area (Å²) in [4.78, 5) is 2.71. The molecule has 0 radical (unpaired) electrons. The van der Waals surface area contributed by atoms with Gasteiger partial charge in [0.2, 0.25) is 0 Å². The molecule has 0 N–H and O–H groups in total. The summed E-state index contributed by atoms with van der Waals surface area (Å²) in [6.45, 7) is 0. The number of halogens is 2. The van der Waals surface area contributed by atoms with Crippen LogP contribution >= 0.6 is 67.1 Å². The monoisotopic (exact) mass is 530 g/mol. The molecule has 0 bridgehead atoms. The summed E-state index contributed by atoms with van der Waals surface area (Å²) in [5.74, 6) is 0. The highest BCUT2D eigenvalue weighted by atomic mass is 79.9. The first-order valence-corrected chi connectivity index (χ1v) is 12.8. The van der Waals surface area contributed by atoms with Crippen LogP contribution in [0.3, 0.4) is 0 Å². The third-order valence-electron chi connectivity index (χ3n) is 5.24. The molecule has 2 aliphatic heterocycles. The van der Waals surface area contributed by atoms with E-state index in [4.69, 9.17) is 0 Å². The molecule has 132 valence electrons. The maximum Gasteiger partial charge on any atom is 0.0545 e. The van der Waals surface area contributed by atoms with Gasteiger partial charge in [-0.2, -0.15) is 0 Å². The zero-order valence-electron chi connectivity index (χ0n) is 13.9. The van der Waals surface area contributed by atoms with E-state index in [1.165, 1.54) is 49.4 Å². The van der Waals surface area contributed by atoms with E-state index < -0.39 is 0 Å². The predicted molar refractivity (Wildman–Crippen MR) is 128 cm³/mol. The van der Waals surface area contributed by atoms with E-state index in [-0.39, 0.29) is 0 Å². The van der Waals surface area contributed by atoms with Gasteiger partial charge in [0, 0.05) is 9.79 Å². The van der Waals surface area contributed by atoms with Crippen molar-refractivity contribution in [2.24, 2.45) is 0 Å². The van der Waals surface area contributed by atoms with Gasteiger partial charge in [0.05, 0.1) is 18.1 Å². The maximum absolute atomic E-state index is 3.64. The molecule has 0 fully saturated rings. The Morgan fingerprint density at radius 2 is 1.19 bits per heavy atom. The van der Waals surface area contributed by atoms with Gasteiger partial charge in [-0.15, -0.1) is 23.5 Å². The first-order chi connectivity index (χ1) is 13.2. The second-order valence-corrected chi connectivity index (χ2v) is 13.0. The molecule has 6 rings (SSSR count). The molecule has 2 aromatic carbocycles. The molecule has 2 aromatic rings. The van der Waals surface area contributed by atoms with Gasteiger partial charge in [-0.05, 0) is 88.2 Å². The number of allylic oxidation sites excluding steroid dienone is 2. The normalized spacial score (nSPS) is 23.9. The van der Waals surface area contributed by atoms with Crippen LogP contribution in [0.15, 0.2) is 66.0 Å². The van der Waals surface area contributed by atoms with Crippen LogP contribution in [-0.2, 0) is 0 Å². The number of benzene rings is 2. The average molecular weight is 532 g/mol. The third kappa shape index (κ3) is 2.73. The lowest BCUT2D eigenvalue weighted by atomic mass is 10.2. The largest absolute Gasteiger partial charge is 0.106 e. The molecule has 4 aliphatic rings. The minimum atomic E-state index is 0.456. The van der Waals surface area contributed by atoms with E-state index in [1.807, 2.05) is 35.3 Å². The lowest BCUT2D eigenvalue weighted by molar-refractivity contribution is 1.29. The van der Waals surface area contributed by atoms with Crippen LogP contribution in [0.1, 0.15) is 0 Å². The second kappa shape index (κ2) is 6.46. The van der Waals surface area contributed by atoms with Crippen LogP contribution in [0.2, 0.25) is 0 Å². The predicted octanol–water partition coefficient (Wildman–Crippen LogP) is 4.43. The lowest BCUT2D eigenvalue weighted by Crippen LogP contribution is -2.27. The zero-order valence-corrected chi connectivity index (χ0v) is 19.5. The third-order valence-corrected chi connectivity index (χ3v) is 9.95. The van der Waals surface area contributed by atoms with Crippen molar-refractivity contribution in [1.82, 2.24) is 0 Å². The number of hydrogen-bond donors (Lipinski definition) is 0. The van der Waals surface area contributed by atoms with Gasteiger partial charge in [-0.3, -0.25) is 0 Å². The molecule has 2 aliphatic carbocycles. The second-order valence-electron chi connectivity index (χ2n) is 6.75. The van der Waals surface area contributed by atoms with E-state index in [0.29, 0.717) is 10.5 Å². The van der Waals surface area contributed by atoms with Crippen LogP contribution in [0.25, 0.3) is 23.3 Å². The highest BCUT2D eigenvalue weighted by molar-refractivity contribution is 9.14. The van der Waals surface area contributed by atoms with Gasteiger partial charge < -0.3 is 0 Å². The highest BCUT2D eigenvalue weighted by Crippen LogP contribution is 2.43. The van der Waals surface area contributed by atoms with E-state index in [0.717, 1.165) is 0 Å². The average Bonchev–Trinajstić information content (AvgIpc) is 3.35. The van der Waals surface area contributed by atoms with Crippen molar-refractivity contribution in [1.29, 1.82) is 0 Å². The summed E-state index contributed by atoms with van der Waals surface area (Å²) in [5, 5.41) is 6.48. The van der Waals surface area contributed by atoms with E-state index >= 15 is 0 Å². The smallest absolute Gasteiger partial charge is 0.0545 e. The Balaban J connectivity index is 1.51. The molecule has 0 saturated carbocycles. The highest BCUT2D eigenvalue weighted by Gasteiger charge is 2.26. The summed E-state index contributed by atoms with van der Waals surface area (Å²) < 4.78 is 2.47. The van der Waals surface area contributed by atoms with Crippen LogP contribution < -0.4 is 20.9 Å². The molecular formula is C22H12Br2S3. The Hall–Kier alpha value is -0.590. The summed E-state index contributed by atoms with van der Waals surface area (Å²) >= 11 is 13.0. The summed E-state index contributed by atoms with van der Waals surface area (Å²) in [6, 6.07) is 13.4. The van der Waals surface area contributed by atoms with Crippen LogP contribution in [0.5, 0.6) is 0 Å². The SMILES string of the molecule is BrC1=CC2=c3cccc(Sc4cccc5c4=CC4SC(Br)=CC=54)c3=CC2S1. The van der Waals surface area contributed by atoms with Gasteiger partial charge in [-0.25, -0.2) is 0 Å². The van der Waals surface area contributed by atoms with Gasteiger partial charge in [0.25, 0.3) is 0 Å². The fraction of sp³-hybridized carbons (Fsp3) is 0.0909. The minimum absolute atomic E-state index is 0.456. The Morgan fingerprint density at radius 1 is 0.704 bits per heavy atom. The van der Waals surface area contributed by atoms with Crippen molar-refractivity contribution < 1.29 is 0 Å². The molecule has 0 saturated heterocycles. The quantitative estimate of drug-likeness (QED) is 0.562. The first-order valence-electron chi connectivity index (χ1n) is 8.63. The standard InChI is InChI=1S/C22H12Br2S3/c23-21-9-15-11-3-1-5-17(13(11)7-19(15)26-21)25-18-6-2-4-12-14(18)8-20-16(12)10-22(24)27-20/h1-10,19-20H. The zero-order chi connectivity index (χ0) is 18.1. The van der Waals surface area contributed by atoms with Crippen molar-refractivity contribution in [3.05, 3.63) is 77.1 Å². The summed E-state index contributed by atoms with van der Waals surface area (Å²) in [7, 11) is 0.